The van der Waals surface area contributed by atoms with Crippen molar-refractivity contribution < 1.29 is 0 Å². The zero-order valence-corrected chi connectivity index (χ0v) is 12.9. The molecule has 0 radical (unpaired) electrons. The molecule has 0 amide bonds. The fourth-order valence-electron chi connectivity index (χ4n) is 3.97. The molecule has 2 aliphatic heterocycles. The zero-order valence-electron chi connectivity index (χ0n) is 12.9. The molecule has 1 aromatic carbocycles. The lowest BCUT2D eigenvalue weighted by Gasteiger charge is -2.45. The Morgan fingerprint density at radius 1 is 1.09 bits per heavy atom. The normalized spacial score (nSPS) is 21.4. The first-order valence-electron chi connectivity index (χ1n) is 8.24. The van der Waals surface area contributed by atoms with Crippen LogP contribution in [0.15, 0.2) is 24.3 Å². The molecule has 0 aliphatic carbocycles. The number of nitrogens with one attached hydrogen (secondary N) is 1. The molecule has 2 aliphatic rings. The van der Waals surface area contributed by atoms with Gasteiger partial charge in [0.1, 0.15) is 5.82 Å². The smallest absolute Gasteiger partial charge is 0.227 e. The Labute approximate surface area is 130 Å². The van der Waals surface area contributed by atoms with Crippen molar-refractivity contribution in [2.45, 2.75) is 25.7 Å². The van der Waals surface area contributed by atoms with Crippen molar-refractivity contribution in [3.8, 4) is 0 Å². The van der Waals surface area contributed by atoms with E-state index < -0.39 is 0 Å². The average Bonchev–Trinajstić information content (AvgIpc) is 2.56. The molecule has 0 bridgehead atoms. The number of piperidine rings is 2. The van der Waals surface area contributed by atoms with Crippen LogP contribution < -0.4 is 16.0 Å². The first-order chi connectivity index (χ1) is 10.8. The van der Waals surface area contributed by atoms with Gasteiger partial charge >= 0.3 is 0 Å². The van der Waals surface area contributed by atoms with Crippen molar-refractivity contribution in [1.29, 1.82) is 0 Å². The highest BCUT2D eigenvalue weighted by Crippen LogP contribution is 2.39. The molecule has 5 nitrogen and oxygen atoms in total. The third-order valence-electron chi connectivity index (χ3n) is 5.23. The minimum absolute atomic E-state index is 0.438. The fourth-order valence-corrected chi connectivity index (χ4v) is 3.97. The van der Waals surface area contributed by atoms with Crippen molar-refractivity contribution in [1.82, 2.24) is 15.3 Å². The van der Waals surface area contributed by atoms with Gasteiger partial charge in [-0.25, -0.2) is 4.98 Å². The Morgan fingerprint density at radius 3 is 2.77 bits per heavy atom. The summed E-state index contributed by atoms with van der Waals surface area (Å²) >= 11 is 0. The Bertz CT molecular complexity index is 672. The average molecular weight is 297 g/mol. The second-order valence-electron chi connectivity index (χ2n) is 6.70. The van der Waals surface area contributed by atoms with Crippen LogP contribution in [0.4, 0.5) is 11.8 Å². The standard InChI is InChI=1S/C17H23N5/c18-15-13-4-1-2-5-14(13)20-16(21-15)22-11-3-6-17(12-22)7-9-19-10-8-17/h1-2,4-5,19H,3,6-12H2,(H2,18,20,21). The van der Waals surface area contributed by atoms with Crippen LogP contribution in [0.25, 0.3) is 10.9 Å². The Hall–Kier alpha value is -1.88. The maximum Gasteiger partial charge on any atom is 0.227 e. The van der Waals surface area contributed by atoms with Gasteiger partial charge in [-0.2, -0.15) is 4.98 Å². The molecule has 3 N–H and O–H groups in total. The van der Waals surface area contributed by atoms with Crippen LogP contribution in [-0.4, -0.2) is 36.1 Å². The molecule has 4 rings (SSSR count). The van der Waals surface area contributed by atoms with E-state index in [1.165, 1.54) is 25.7 Å². The summed E-state index contributed by atoms with van der Waals surface area (Å²) in [5.41, 5.74) is 7.52. The van der Waals surface area contributed by atoms with E-state index in [0.29, 0.717) is 11.2 Å². The molecule has 1 aromatic heterocycles. The third-order valence-corrected chi connectivity index (χ3v) is 5.23. The van der Waals surface area contributed by atoms with Gasteiger partial charge in [0.05, 0.1) is 5.52 Å². The molecular weight excluding hydrogens is 274 g/mol. The molecule has 1 spiro atoms. The number of benzene rings is 1. The lowest BCUT2D eigenvalue weighted by atomic mass is 9.73. The molecule has 2 saturated heterocycles. The van der Waals surface area contributed by atoms with E-state index >= 15 is 0 Å². The topological polar surface area (TPSA) is 67.1 Å². The number of hydrogen-bond acceptors (Lipinski definition) is 5. The Kier molecular flexibility index (Phi) is 3.37. The van der Waals surface area contributed by atoms with E-state index in [0.717, 1.165) is 43.0 Å². The maximum absolute atomic E-state index is 6.15. The number of rotatable bonds is 1. The van der Waals surface area contributed by atoms with Gasteiger partial charge in [-0.05, 0) is 56.3 Å². The summed E-state index contributed by atoms with van der Waals surface area (Å²) in [7, 11) is 0. The molecule has 0 atom stereocenters. The van der Waals surface area contributed by atoms with Gasteiger partial charge in [0.2, 0.25) is 5.95 Å². The molecule has 0 unspecified atom stereocenters. The van der Waals surface area contributed by atoms with Gasteiger partial charge < -0.3 is 16.0 Å². The van der Waals surface area contributed by atoms with Crippen LogP contribution in [0.5, 0.6) is 0 Å². The van der Waals surface area contributed by atoms with Crippen LogP contribution in [0.2, 0.25) is 0 Å². The first kappa shape index (κ1) is 13.8. The summed E-state index contributed by atoms with van der Waals surface area (Å²) in [6, 6.07) is 7.98. The van der Waals surface area contributed by atoms with Gasteiger partial charge in [-0.3, -0.25) is 0 Å². The van der Waals surface area contributed by atoms with E-state index in [1.807, 2.05) is 24.3 Å². The van der Waals surface area contributed by atoms with E-state index in [1.54, 1.807) is 0 Å². The largest absolute Gasteiger partial charge is 0.383 e. The minimum Gasteiger partial charge on any atom is -0.383 e. The molecule has 2 fully saturated rings. The summed E-state index contributed by atoms with van der Waals surface area (Å²) in [5.74, 6) is 1.39. The van der Waals surface area contributed by atoms with Crippen LogP contribution in [0, 0.1) is 5.41 Å². The molecule has 2 aromatic rings. The summed E-state index contributed by atoms with van der Waals surface area (Å²) in [6.07, 6.45) is 5.06. The lowest BCUT2D eigenvalue weighted by molar-refractivity contribution is 0.166. The predicted octanol–water partition coefficient (Wildman–Crippen LogP) is 2.18. The van der Waals surface area contributed by atoms with Crippen LogP contribution in [-0.2, 0) is 0 Å². The number of nitrogen functional groups attached to an aromatic ring is 1. The first-order valence-corrected chi connectivity index (χ1v) is 8.24. The van der Waals surface area contributed by atoms with Crippen molar-refractivity contribution in [2.24, 2.45) is 5.41 Å². The maximum atomic E-state index is 6.15. The monoisotopic (exact) mass is 297 g/mol. The van der Waals surface area contributed by atoms with Crippen molar-refractivity contribution >= 4 is 22.7 Å². The van der Waals surface area contributed by atoms with E-state index in [-0.39, 0.29) is 0 Å². The number of anilines is 2. The Morgan fingerprint density at radius 2 is 1.91 bits per heavy atom. The summed E-state index contributed by atoms with van der Waals surface area (Å²) in [5, 5.41) is 4.42. The van der Waals surface area contributed by atoms with Crippen LogP contribution >= 0.6 is 0 Å². The highest BCUT2D eigenvalue weighted by atomic mass is 15.3. The van der Waals surface area contributed by atoms with Crippen LogP contribution in [0.1, 0.15) is 25.7 Å². The van der Waals surface area contributed by atoms with E-state index in [9.17, 15) is 0 Å². The zero-order chi connectivity index (χ0) is 15.0. The third kappa shape index (κ3) is 2.39. The molecule has 22 heavy (non-hydrogen) atoms. The van der Waals surface area contributed by atoms with Crippen LogP contribution in [0.3, 0.4) is 0 Å². The summed E-state index contributed by atoms with van der Waals surface area (Å²) in [6.45, 7) is 4.36. The second-order valence-corrected chi connectivity index (χ2v) is 6.70. The van der Waals surface area contributed by atoms with Gasteiger partial charge in [0, 0.05) is 18.5 Å². The molecule has 3 heterocycles. The highest BCUT2D eigenvalue weighted by molar-refractivity contribution is 5.88. The van der Waals surface area contributed by atoms with E-state index in [4.69, 9.17) is 10.7 Å². The quantitative estimate of drug-likeness (QED) is 0.844. The SMILES string of the molecule is Nc1nc(N2CCCC3(CCNCC3)C2)nc2ccccc12. The number of fused-ring (bicyclic) bond motifs is 1. The number of hydrogen-bond donors (Lipinski definition) is 2. The van der Waals surface area contributed by atoms with Gasteiger partial charge in [-0.15, -0.1) is 0 Å². The molecule has 116 valence electrons. The summed E-state index contributed by atoms with van der Waals surface area (Å²) in [4.78, 5) is 11.7. The van der Waals surface area contributed by atoms with Crippen molar-refractivity contribution in [3.63, 3.8) is 0 Å². The molecule has 5 heteroatoms. The second kappa shape index (κ2) is 5.39. The number of nitrogens with two attached hydrogens (primary N) is 1. The van der Waals surface area contributed by atoms with Gasteiger partial charge in [-0.1, -0.05) is 12.1 Å². The van der Waals surface area contributed by atoms with Gasteiger partial charge in [0.15, 0.2) is 0 Å². The Balaban J connectivity index is 1.66. The minimum atomic E-state index is 0.438. The highest BCUT2D eigenvalue weighted by Gasteiger charge is 2.37. The predicted molar refractivity (Wildman–Crippen MR) is 89.9 cm³/mol. The number of nitrogens with zero attached hydrogens (tertiary/aromatic N) is 3. The molecule has 0 saturated carbocycles. The van der Waals surface area contributed by atoms with Crippen molar-refractivity contribution in [2.75, 3.05) is 36.8 Å². The van der Waals surface area contributed by atoms with E-state index in [2.05, 4.69) is 15.2 Å². The van der Waals surface area contributed by atoms with Gasteiger partial charge in [0.25, 0.3) is 0 Å². The number of para-hydroxylation sites is 1. The van der Waals surface area contributed by atoms with Crippen molar-refractivity contribution in [3.05, 3.63) is 24.3 Å². The summed E-state index contributed by atoms with van der Waals surface area (Å²) < 4.78 is 0. The fraction of sp³-hybridized carbons (Fsp3) is 0.529. The lowest BCUT2D eigenvalue weighted by Crippen LogP contribution is -2.49. The molecular formula is C17H23N5. The number of aromatic nitrogens is 2.